The van der Waals surface area contributed by atoms with Gasteiger partial charge in [-0.2, -0.15) is 0 Å². The number of carboxylic acids is 1. The van der Waals surface area contributed by atoms with Gasteiger partial charge in [0.2, 0.25) is 0 Å². The maximum atomic E-state index is 11.6. The highest BCUT2D eigenvalue weighted by molar-refractivity contribution is 5.77. The summed E-state index contributed by atoms with van der Waals surface area (Å²) in [5.41, 5.74) is 1.68. The molecule has 0 radical (unpaired) electrons. The lowest BCUT2D eigenvalue weighted by Crippen LogP contribution is -2.51. The molecule has 3 rings (SSSR count). The first-order valence-corrected chi connectivity index (χ1v) is 8.64. The molecule has 0 aromatic heterocycles. The molecule has 3 aliphatic carbocycles. The minimum atomic E-state index is -0.648. The highest BCUT2D eigenvalue weighted by Gasteiger charge is 2.54. The zero-order valence-electron chi connectivity index (χ0n) is 14.0. The van der Waals surface area contributed by atoms with Crippen molar-refractivity contribution in [3.63, 3.8) is 0 Å². The van der Waals surface area contributed by atoms with Crippen molar-refractivity contribution in [2.45, 2.75) is 72.6 Å². The molecule has 0 aliphatic heterocycles. The van der Waals surface area contributed by atoms with Crippen molar-refractivity contribution in [1.82, 2.24) is 0 Å². The summed E-state index contributed by atoms with van der Waals surface area (Å²) in [4.78, 5) is 11.6. The lowest BCUT2D eigenvalue weighted by atomic mass is 9.45. The van der Waals surface area contributed by atoms with Crippen LogP contribution >= 0.6 is 0 Å². The molecule has 3 aliphatic rings. The number of aliphatic carboxylic acids is 1. The maximum Gasteiger partial charge on any atom is 0.313 e. The predicted octanol–water partition coefficient (Wildman–Crippen LogP) is 5.04. The van der Waals surface area contributed by atoms with Crippen molar-refractivity contribution in [3.05, 3.63) is 11.6 Å². The van der Waals surface area contributed by atoms with Crippen LogP contribution in [0.25, 0.3) is 0 Å². The third kappa shape index (κ3) is 2.17. The van der Waals surface area contributed by atoms with Crippen molar-refractivity contribution in [3.8, 4) is 0 Å². The molecular weight excluding hydrogens is 260 g/mol. The highest BCUT2D eigenvalue weighted by Crippen LogP contribution is 2.63. The van der Waals surface area contributed by atoms with Gasteiger partial charge in [-0.25, -0.2) is 0 Å². The van der Waals surface area contributed by atoms with Gasteiger partial charge in [-0.05, 0) is 68.1 Å². The fourth-order valence-electron chi connectivity index (χ4n) is 5.99. The Bertz CT molecular complexity index is 490. The van der Waals surface area contributed by atoms with Crippen molar-refractivity contribution < 1.29 is 9.90 Å². The number of fused-ring (bicyclic) bond motifs is 3. The third-order valence-electron chi connectivity index (χ3n) is 7.19. The van der Waals surface area contributed by atoms with Gasteiger partial charge in [0.25, 0.3) is 0 Å². The minimum Gasteiger partial charge on any atom is -0.481 e. The second kappa shape index (κ2) is 4.60. The number of hydrogen-bond acceptors (Lipinski definition) is 1. The fraction of sp³-hybridized carbons (Fsp3) is 0.842. The summed E-state index contributed by atoms with van der Waals surface area (Å²) < 4.78 is 0. The third-order valence-corrected chi connectivity index (χ3v) is 7.19. The number of hydrogen-bond donors (Lipinski definition) is 1. The Morgan fingerprint density at radius 2 is 1.86 bits per heavy atom. The summed E-state index contributed by atoms with van der Waals surface area (Å²) in [6, 6.07) is 0. The Balaban J connectivity index is 1.96. The van der Waals surface area contributed by atoms with Crippen LogP contribution in [0.3, 0.4) is 0 Å². The van der Waals surface area contributed by atoms with Crippen LogP contribution in [0, 0.1) is 28.1 Å². The first-order chi connectivity index (χ1) is 9.69. The van der Waals surface area contributed by atoms with Crippen LogP contribution in [-0.2, 0) is 4.79 Å². The topological polar surface area (TPSA) is 37.3 Å². The smallest absolute Gasteiger partial charge is 0.313 e. The Morgan fingerprint density at radius 1 is 1.14 bits per heavy atom. The summed E-state index contributed by atoms with van der Waals surface area (Å²) in [6.07, 6.45) is 10.4. The fourth-order valence-corrected chi connectivity index (χ4v) is 5.99. The quantitative estimate of drug-likeness (QED) is 0.687. The molecule has 0 amide bonds. The molecule has 0 saturated heterocycles. The molecule has 1 N–H and O–H groups in total. The minimum absolute atomic E-state index is 0.395. The van der Waals surface area contributed by atoms with Crippen LogP contribution in [0.4, 0.5) is 0 Å². The van der Waals surface area contributed by atoms with E-state index >= 15 is 0 Å². The molecule has 2 fully saturated rings. The van der Waals surface area contributed by atoms with Crippen LogP contribution in [0.5, 0.6) is 0 Å². The zero-order chi connectivity index (χ0) is 15.5. The molecule has 2 saturated carbocycles. The number of allylic oxidation sites excluding steroid dienone is 1. The molecular formula is C19H30O2. The van der Waals surface area contributed by atoms with E-state index in [1.165, 1.54) is 31.3 Å². The molecule has 4 atom stereocenters. The number of carbonyl (C=O) groups is 1. The Labute approximate surface area is 129 Å². The molecule has 4 unspecified atom stereocenters. The summed E-state index contributed by atoms with van der Waals surface area (Å²) in [6.45, 7) is 9.30. The van der Waals surface area contributed by atoms with Crippen molar-refractivity contribution in [2.75, 3.05) is 0 Å². The van der Waals surface area contributed by atoms with Crippen LogP contribution in [-0.4, -0.2) is 11.1 Å². The van der Waals surface area contributed by atoms with E-state index < -0.39 is 11.4 Å². The monoisotopic (exact) mass is 290 g/mol. The van der Waals surface area contributed by atoms with Gasteiger partial charge in [-0.15, -0.1) is 0 Å². The number of rotatable bonds is 1. The first kappa shape index (κ1) is 15.1. The Hall–Kier alpha value is -0.790. The molecule has 118 valence electrons. The molecule has 21 heavy (non-hydrogen) atoms. The van der Waals surface area contributed by atoms with E-state index in [9.17, 15) is 9.90 Å². The largest absolute Gasteiger partial charge is 0.481 e. The molecule has 0 aromatic carbocycles. The molecule has 0 bridgehead atoms. The second-order valence-electron chi connectivity index (χ2n) is 8.97. The van der Waals surface area contributed by atoms with E-state index in [0.717, 1.165) is 25.2 Å². The molecule has 0 spiro atoms. The SMILES string of the molecule is CC1(C(=O)O)C=C2CCC3C(C)(C)CCCC3(C)C2CC1. The average Bonchev–Trinajstić information content (AvgIpc) is 2.37. The van der Waals surface area contributed by atoms with Crippen LogP contribution < -0.4 is 0 Å². The lowest BCUT2D eigenvalue weighted by molar-refractivity contribution is -0.146. The molecule has 0 aromatic rings. The molecule has 2 heteroatoms. The van der Waals surface area contributed by atoms with Crippen LogP contribution in [0.2, 0.25) is 0 Å². The van der Waals surface area contributed by atoms with E-state index in [2.05, 4.69) is 26.8 Å². The van der Waals surface area contributed by atoms with Gasteiger partial charge >= 0.3 is 5.97 Å². The predicted molar refractivity (Wildman–Crippen MR) is 85.0 cm³/mol. The van der Waals surface area contributed by atoms with Gasteiger partial charge in [-0.3, -0.25) is 4.79 Å². The Morgan fingerprint density at radius 3 is 2.52 bits per heavy atom. The van der Waals surface area contributed by atoms with Gasteiger partial charge in [0.1, 0.15) is 0 Å². The van der Waals surface area contributed by atoms with E-state index in [1.54, 1.807) is 0 Å². The summed E-state index contributed by atoms with van der Waals surface area (Å²) in [5.74, 6) is 0.781. The van der Waals surface area contributed by atoms with Gasteiger partial charge < -0.3 is 5.11 Å². The van der Waals surface area contributed by atoms with Gasteiger partial charge in [-0.1, -0.05) is 38.8 Å². The maximum absolute atomic E-state index is 11.6. The van der Waals surface area contributed by atoms with Crippen molar-refractivity contribution in [2.24, 2.45) is 28.1 Å². The van der Waals surface area contributed by atoms with Crippen LogP contribution in [0.15, 0.2) is 11.6 Å². The van der Waals surface area contributed by atoms with E-state index in [4.69, 9.17) is 0 Å². The van der Waals surface area contributed by atoms with E-state index in [0.29, 0.717) is 16.7 Å². The van der Waals surface area contributed by atoms with Gasteiger partial charge in [0, 0.05) is 0 Å². The van der Waals surface area contributed by atoms with Gasteiger partial charge in [0.05, 0.1) is 5.41 Å². The standard InChI is InChI=1S/C19H30O2/c1-17(2)9-5-10-19(4)14-8-11-18(3,16(20)21)12-13(14)6-7-15(17)19/h12,14-15H,5-11H2,1-4H3,(H,20,21). The van der Waals surface area contributed by atoms with Gasteiger partial charge in [0.15, 0.2) is 0 Å². The Kier molecular flexibility index (Phi) is 3.31. The summed E-state index contributed by atoms with van der Waals surface area (Å²) in [5, 5.41) is 9.52. The van der Waals surface area contributed by atoms with Crippen molar-refractivity contribution in [1.29, 1.82) is 0 Å². The van der Waals surface area contributed by atoms with E-state index in [-0.39, 0.29) is 0 Å². The lowest BCUT2D eigenvalue weighted by Gasteiger charge is -2.59. The average molecular weight is 290 g/mol. The van der Waals surface area contributed by atoms with E-state index in [1.807, 2.05) is 6.92 Å². The van der Waals surface area contributed by atoms with Crippen LogP contribution in [0.1, 0.15) is 72.6 Å². The summed E-state index contributed by atoms with van der Waals surface area (Å²) in [7, 11) is 0. The van der Waals surface area contributed by atoms with Crippen molar-refractivity contribution >= 4 is 5.97 Å². The second-order valence-corrected chi connectivity index (χ2v) is 8.97. The first-order valence-electron chi connectivity index (χ1n) is 8.64. The molecule has 0 heterocycles. The molecule has 2 nitrogen and oxygen atoms in total. The normalized spacial score (nSPS) is 45.2. The number of carboxylic acid groups (broad SMARTS) is 1. The summed E-state index contributed by atoms with van der Waals surface area (Å²) >= 11 is 0. The highest BCUT2D eigenvalue weighted by atomic mass is 16.4. The zero-order valence-corrected chi connectivity index (χ0v) is 14.0.